The first-order chi connectivity index (χ1) is 8.60. The second-order valence-corrected chi connectivity index (χ2v) is 6.77. The fourth-order valence-electron chi connectivity index (χ4n) is 4.17. The summed E-state index contributed by atoms with van der Waals surface area (Å²) in [4.78, 5) is 5.29. The van der Waals surface area contributed by atoms with Gasteiger partial charge in [-0.25, -0.2) is 0 Å². The lowest BCUT2D eigenvalue weighted by Crippen LogP contribution is -2.68. The summed E-state index contributed by atoms with van der Waals surface area (Å²) < 4.78 is 0. The summed E-state index contributed by atoms with van der Waals surface area (Å²) in [6.07, 6.45) is 0. The minimum atomic E-state index is 0.344. The summed E-state index contributed by atoms with van der Waals surface area (Å²) in [6, 6.07) is 0.537. The first-order valence-electron chi connectivity index (χ1n) is 7.10. The molecule has 5 heteroatoms. The molecule has 4 rings (SSSR count). The summed E-state index contributed by atoms with van der Waals surface area (Å²) >= 11 is 5.39. The molecular weight excluding hydrogens is 244 g/mol. The molecule has 4 aliphatic rings. The van der Waals surface area contributed by atoms with E-state index in [-0.39, 0.29) is 0 Å². The number of hydrogen-bond acceptors (Lipinski definition) is 3. The zero-order chi connectivity index (χ0) is 12.8. The maximum atomic E-state index is 5.39. The Hall–Kier alpha value is -0.390. The Bertz CT molecular complexity index is 330. The normalized spacial score (nSPS) is 45.7. The van der Waals surface area contributed by atoms with Crippen molar-refractivity contribution >= 4 is 17.3 Å². The minimum absolute atomic E-state index is 0.344. The topological polar surface area (TPSA) is 30.5 Å². The largest absolute Gasteiger partial charge is 0.363 e. The number of nitrogens with one attached hydrogen (secondary N) is 2. The van der Waals surface area contributed by atoms with Crippen LogP contribution in [0.15, 0.2) is 0 Å². The number of fused-ring (bicyclic) bond motifs is 1. The lowest BCUT2D eigenvalue weighted by molar-refractivity contribution is -0.0124. The third kappa shape index (κ3) is 2.12. The van der Waals surface area contributed by atoms with Gasteiger partial charge in [-0.2, -0.15) is 0 Å². The summed E-state index contributed by atoms with van der Waals surface area (Å²) in [6.45, 7) is 12.8. The van der Waals surface area contributed by atoms with Crippen LogP contribution in [0.5, 0.6) is 0 Å². The van der Waals surface area contributed by atoms with Gasteiger partial charge in [-0.1, -0.05) is 6.92 Å². The van der Waals surface area contributed by atoms with Gasteiger partial charge in [0, 0.05) is 63.2 Å². The quantitative estimate of drug-likeness (QED) is 0.694. The van der Waals surface area contributed by atoms with Crippen molar-refractivity contribution in [1.82, 2.24) is 20.4 Å². The molecule has 18 heavy (non-hydrogen) atoms. The number of thiocarbonyl (C=S) groups is 1. The van der Waals surface area contributed by atoms with Gasteiger partial charge in [0.25, 0.3) is 0 Å². The standard InChI is InChI=1S/C13H24N4S/c1-3-14-12(18)15-11-10-6-16-4-5-17(7-10)9-13(11,2)8-16/h10-11H,3-9H2,1-2H3,(H2,14,15,18). The Morgan fingerprint density at radius 1 is 1.28 bits per heavy atom. The van der Waals surface area contributed by atoms with Crippen LogP contribution in [0.2, 0.25) is 0 Å². The van der Waals surface area contributed by atoms with Crippen LogP contribution >= 0.6 is 12.2 Å². The maximum absolute atomic E-state index is 5.39. The average Bonchev–Trinajstić information content (AvgIpc) is 2.52. The monoisotopic (exact) mass is 268 g/mol. The lowest BCUT2D eigenvalue weighted by atomic mass is 9.69. The van der Waals surface area contributed by atoms with Crippen LogP contribution in [0.1, 0.15) is 13.8 Å². The Kier molecular flexibility index (Phi) is 3.24. The summed E-state index contributed by atoms with van der Waals surface area (Å²) in [5.74, 6) is 0.719. The Morgan fingerprint density at radius 3 is 2.39 bits per heavy atom. The molecule has 0 aromatic heterocycles. The molecule has 0 radical (unpaired) electrons. The van der Waals surface area contributed by atoms with E-state index < -0.39 is 0 Å². The molecule has 4 bridgehead atoms. The first-order valence-corrected chi connectivity index (χ1v) is 7.50. The van der Waals surface area contributed by atoms with Gasteiger partial charge in [0.2, 0.25) is 0 Å². The molecule has 4 saturated heterocycles. The highest BCUT2D eigenvalue weighted by molar-refractivity contribution is 7.80. The van der Waals surface area contributed by atoms with Crippen LogP contribution in [0, 0.1) is 11.3 Å². The van der Waals surface area contributed by atoms with E-state index in [1.54, 1.807) is 0 Å². The van der Waals surface area contributed by atoms with E-state index in [1.165, 1.54) is 39.3 Å². The molecule has 0 saturated carbocycles. The van der Waals surface area contributed by atoms with E-state index in [9.17, 15) is 0 Å². The van der Waals surface area contributed by atoms with E-state index in [0.717, 1.165) is 17.6 Å². The van der Waals surface area contributed by atoms with Gasteiger partial charge in [-0.05, 0) is 19.1 Å². The van der Waals surface area contributed by atoms with Crippen LogP contribution in [0.3, 0.4) is 0 Å². The van der Waals surface area contributed by atoms with Gasteiger partial charge < -0.3 is 20.4 Å². The van der Waals surface area contributed by atoms with Crippen molar-refractivity contribution in [3.05, 3.63) is 0 Å². The number of rotatable bonds is 2. The molecule has 2 N–H and O–H groups in total. The number of hydrogen-bond donors (Lipinski definition) is 2. The fraction of sp³-hybridized carbons (Fsp3) is 0.923. The first kappa shape index (κ1) is 12.6. The maximum Gasteiger partial charge on any atom is 0.166 e. The van der Waals surface area contributed by atoms with Crippen molar-refractivity contribution in [1.29, 1.82) is 0 Å². The molecule has 3 atom stereocenters. The molecule has 0 aromatic rings. The second-order valence-electron chi connectivity index (χ2n) is 6.37. The van der Waals surface area contributed by atoms with Crippen molar-refractivity contribution in [3.8, 4) is 0 Å². The average molecular weight is 268 g/mol. The zero-order valence-electron chi connectivity index (χ0n) is 11.4. The Balaban J connectivity index is 1.77. The minimum Gasteiger partial charge on any atom is -0.363 e. The molecule has 102 valence electrons. The van der Waals surface area contributed by atoms with Crippen molar-refractivity contribution in [2.45, 2.75) is 19.9 Å². The van der Waals surface area contributed by atoms with Crippen LogP contribution in [0.4, 0.5) is 0 Å². The SMILES string of the molecule is CCNC(=S)NC1C2CN3CCN(C2)CC1(C)C3. The molecule has 3 unspecified atom stereocenters. The van der Waals surface area contributed by atoms with Crippen molar-refractivity contribution in [3.63, 3.8) is 0 Å². The van der Waals surface area contributed by atoms with Gasteiger partial charge >= 0.3 is 0 Å². The van der Waals surface area contributed by atoms with Gasteiger partial charge in [0.05, 0.1) is 0 Å². The molecule has 0 aliphatic carbocycles. The van der Waals surface area contributed by atoms with E-state index in [4.69, 9.17) is 12.2 Å². The van der Waals surface area contributed by atoms with Crippen LogP contribution in [-0.4, -0.2) is 66.8 Å². The highest BCUT2D eigenvalue weighted by atomic mass is 32.1. The number of nitrogens with zero attached hydrogens (tertiary/aromatic N) is 2. The molecule has 0 spiro atoms. The van der Waals surface area contributed by atoms with Crippen molar-refractivity contribution < 1.29 is 0 Å². The summed E-state index contributed by atoms with van der Waals surface area (Å²) in [5.41, 5.74) is 0.344. The predicted octanol–water partition coefficient (Wildman–Crippen LogP) is 0.106. The van der Waals surface area contributed by atoms with E-state index in [1.807, 2.05) is 0 Å². The lowest BCUT2D eigenvalue weighted by Gasteiger charge is -2.54. The van der Waals surface area contributed by atoms with Crippen molar-refractivity contribution in [2.24, 2.45) is 11.3 Å². The zero-order valence-corrected chi connectivity index (χ0v) is 12.2. The Labute approximate surface area is 115 Å². The van der Waals surface area contributed by atoms with E-state index >= 15 is 0 Å². The smallest absolute Gasteiger partial charge is 0.166 e. The molecular formula is C13H24N4S. The molecule has 4 heterocycles. The summed E-state index contributed by atoms with van der Waals surface area (Å²) in [5, 5.41) is 7.66. The molecule has 4 fully saturated rings. The van der Waals surface area contributed by atoms with Gasteiger partial charge in [-0.3, -0.25) is 0 Å². The Morgan fingerprint density at radius 2 is 1.89 bits per heavy atom. The van der Waals surface area contributed by atoms with Crippen LogP contribution < -0.4 is 10.6 Å². The van der Waals surface area contributed by atoms with Gasteiger partial charge in [-0.15, -0.1) is 0 Å². The molecule has 0 amide bonds. The van der Waals surface area contributed by atoms with Crippen LogP contribution in [-0.2, 0) is 0 Å². The van der Waals surface area contributed by atoms with Gasteiger partial charge in [0.15, 0.2) is 5.11 Å². The van der Waals surface area contributed by atoms with E-state index in [2.05, 4.69) is 34.3 Å². The highest BCUT2D eigenvalue weighted by Gasteiger charge is 2.51. The number of piperidine rings is 2. The molecule has 4 aliphatic heterocycles. The third-order valence-corrected chi connectivity index (χ3v) is 5.00. The predicted molar refractivity (Wildman–Crippen MR) is 77.7 cm³/mol. The van der Waals surface area contributed by atoms with Crippen LogP contribution in [0.25, 0.3) is 0 Å². The third-order valence-electron chi connectivity index (χ3n) is 4.73. The highest BCUT2D eigenvalue weighted by Crippen LogP contribution is 2.40. The van der Waals surface area contributed by atoms with Gasteiger partial charge in [0.1, 0.15) is 0 Å². The fourth-order valence-corrected chi connectivity index (χ4v) is 4.44. The molecule has 4 nitrogen and oxygen atoms in total. The molecule has 0 aromatic carbocycles. The van der Waals surface area contributed by atoms with Crippen molar-refractivity contribution in [2.75, 3.05) is 45.8 Å². The van der Waals surface area contributed by atoms with E-state index in [0.29, 0.717) is 11.5 Å². The second kappa shape index (κ2) is 4.62. The summed E-state index contributed by atoms with van der Waals surface area (Å²) in [7, 11) is 0.